The van der Waals surface area contributed by atoms with Crippen LogP contribution in [0.2, 0.25) is 0 Å². The molecule has 0 aliphatic heterocycles. The number of carbonyl (C=O) groups is 1. The van der Waals surface area contributed by atoms with Gasteiger partial charge in [-0.15, -0.1) is 11.3 Å². The van der Waals surface area contributed by atoms with Crippen LogP contribution in [0.25, 0.3) is 0 Å². The van der Waals surface area contributed by atoms with Crippen molar-refractivity contribution in [2.24, 2.45) is 0 Å². The van der Waals surface area contributed by atoms with Crippen molar-refractivity contribution in [2.45, 2.75) is 31.6 Å². The number of rotatable bonds is 4. The Kier molecular flexibility index (Phi) is 4.33. The van der Waals surface area contributed by atoms with E-state index in [4.69, 9.17) is 0 Å². The number of aromatic nitrogens is 3. The number of hydrogen-bond acceptors (Lipinski definition) is 6. The summed E-state index contributed by atoms with van der Waals surface area (Å²) in [7, 11) is 3.77. The van der Waals surface area contributed by atoms with Crippen molar-refractivity contribution in [3.05, 3.63) is 28.6 Å². The van der Waals surface area contributed by atoms with E-state index in [-0.39, 0.29) is 5.91 Å². The molecule has 0 bridgehead atoms. The van der Waals surface area contributed by atoms with Crippen molar-refractivity contribution in [2.75, 3.05) is 24.3 Å². The largest absolute Gasteiger partial charge is 0.361 e. The molecule has 0 aromatic carbocycles. The maximum Gasteiger partial charge on any atom is 0.267 e. The van der Waals surface area contributed by atoms with Crippen LogP contribution in [-0.2, 0) is 0 Å². The number of thiazole rings is 1. The number of nitrogens with zero attached hydrogens (tertiary/aromatic N) is 4. The summed E-state index contributed by atoms with van der Waals surface area (Å²) < 4.78 is 0. The van der Waals surface area contributed by atoms with Gasteiger partial charge in [0.1, 0.15) is 16.9 Å². The quantitative estimate of drug-likeness (QED) is 0.939. The molecule has 7 heteroatoms. The van der Waals surface area contributed by atoms with Crippen LogP contribution in [0, 0.1) is 0 Å². The van der Waals surface area contributed by atoms with Crippen molar-refractivity contribution < 1.29 is 4.79 Å². The van der Waals surface area contributed by atoms with Gasteiger partial charge in [-0.3, -0.25) is 4.79 Å². The van der Waals surface area contributed by atoms with E-state index in [2.05, 4.69) is 20.3 Å². The SMILES string of the molecule is CN(C)c1ncncc1NC(=O)c1scnc1C1CCCC1. The predicted octanol–water partition coefficient (Wildman–Crippen LogP) is 2.91. The Morgan fingerprint density at radius 1 is 1.32 bits per heavy atom. The molecule has 1 N–H and O–H groups in total. The van der Waals surface area contributed by atoms with Crippen molar-refractivity contribution in [1.29, 1.82) is 0 Å². The standard InChI is InChI=1S/C15H19N5OS/c1-20(2)14-11(7-16-8-17-14)19-15(21)13-12(18-9-22-13)10-5-3-4-6-10/h7-10H,3-6H2,1-2H3,(H,19,21). The number of hydrogen-bond donors (Lipinski definition) is 1. The minimum atomic E-state index is -0.123. The van der Waals surface area contributed by atoms with Gasteiger partial charge >= 0.3 is 0 Å². The van der Waals surface area contributed by atoms with Crippen molar-refractivity contribution in [3.8, 4) is 0 Å². The van der Waals surface area contributed by atoms with Gasteiger partial charge in [-0.05, 0) is 12.8 Å². The molecule has 0 radical (unpaired) electrons. The third-order valence-corrected chi connectivity index (χ3v) is 4.75. The highest BCUT2D eigenvalue weighted by Crippen LogP contribution is 2.36. The van der Waals surface area contributed by atoms with Gasteiger partial charge in [-0.2, -0.15) is 0 Å². The van der Waals surface area contributed by atoms with Crippen LogP contribution in [0.5, 0.6) is 0 Å². The van der Waals surface area contributed by atoms with Crippen molar-refractivity contribution >= 4 is 28.7 Å². The Labute approximate surface area is 133 Å². The van der Waals surface area contributed by atoms with E-state index in [0.29, 0.717) is 22.3 Å². The van der Waals surface area contributed by atoms with Gasteiger partial charge in [0.05, 0.1) is 17.4 Å². The molecule has 1 aliphatic carbocycles. The number of carbonyl (C=O) groups excluding carboxylic acids is 1. The highest BCUT2D eigenvalue weighted by atomic mass is 32.1. The maximum atomic E-state index is 12.6. The Morgan fingerprint density at radius 3 is 2.82 bits per heavy atom. The Balaban J connectivity index is 1.82. The van der Waals surface area contributed by atoms with E-state index in [1.54, 1.807) is 11.7 Å². The zero-order chi connectivity index (χ0) is 15.5. The second-order valence-electron chi connectivity index (χ2n) is 5.66. The average Bonchev–Trinajstić information content (AvgIpc) is 3.18. The fourth-order valence-electron chi connectivity index (χ4n) is 2.86. The molecule has 116 valence electrons. The molecule has 6 nitrogen and oxygen atoms in total. The molecule has 22 heavy (non-hydrogen) atoms. The van der Waals surface area contributed by atoms with E-state index >= 15 is 0 Å². The summed E-state index contributed by atoms with van der Waals surface area (Å²) in [5, 5.41) is 2.92. The van der Waals surface area contributed by atoms with Gasteiger partial charge in [0, 0.05) is 20.0 Å². The molecule has 1 amide bonds. The summed E-state index contributed by atoms with van der Waals surface area (Å²) >= 11 is 1.40. The van der Waals surface area contributed by atoms with Crippen molar-refractivity contribution in [3.63, 3.8) is 0 Å². The van der Waals surface area contributed by atoms with E-state index in [1.165, 1.54) is 30.5 Å². The highest BCUT2D eigenvalue weighted by molar-refractivity contribution is 7.12. The summed E-state index contributed by atoms with van der Waals surface area (Å²) in [6.45, 7) is 0. The van der Waals surface area contributed by atoms with E-state index < -0.39 is 0 Å². The molecule has 0 saturated heterocycles. The van der Waals surface area contributed by atoms with E-state index in [9.17, 15) is 4.79 Å². The minimum absolute atomic E-state index is 0.123. The first-order valence-corrected chi connectivity index (χ1v) is 8.27. The molecular weight excluding hydrogens is 298 g/mol. The molecule has 0 unspecified atom stereocenters. The van der Waals surface area contributed by atoms with Gasteiger partial charge < -0.3 is 10.2 Å². The molecule has 1 saturated carbocycles. The lowest BCUT2D eigenvalue weighted by atomic mass is 10.0. The monoisotopic (exact) mass is 317 g/mol. The zero-order valence-corrected chi connectivity index (χ0v) is 13.6. The maximum absolute atomic E-state index is 12.6. The number of nitrogens with one attached hydrogen (secondary N) is 1. The Bertz CT molecular complexity index is 663. The minimum Gasteiger partial charge on any atom is -0.361 e. The number of anilines is 2. The molecule has 2 heterocycles. The smallest absolute Gasteiger partial charge is 0.267 e. The molecule has 2 aromatic heterocycles. The molecule has 3 rings (SSSR count). The van der Waals surface area contributed by atoms with Crippen LogP contribution in [-0.4, -0.2) is 35.0 Å². The second-order valence-corrected chi connectivity index (χ2v) is 6.51. The molecular formula is C15H19N5OS. The van der Waals surface area contributed by atoms with Gasteiger partial charge in [-0.25, -0.2) is 15.0 Å². The Morgan fingerprint density at radius 2 is 2.09 bits per heavy atom. The fourth-order valence-corrected chi connectivity index (χ4v) is 3.63. The first-order valence-electron chi connectivity index (χ1n) is 7.39. The molecule has 0 atom stereocenters. The van der Waals surface area contributed by atoms with Crippen LogP contribution < -0.4 is 10.2 Å². The summed E-state index contributed by atoms with van der Waals surface area (Å²) in [5.41, 5.74) is 3.32. The topological polar surface area (TPSA) is 71.0 Å². The van der Waals surface area contributed by atoms with E-state index in [1.807, 2.05) is 19.0 Å². The van der Waals surface area contributed by atoms with Gasteiger partial charge in [0.15, 0.2) is 5.82 Å². The lowest BCUT2D eigenvalue weighted by Gasteiger charge is -2.16. The lowest BCUT2D eigenvalue weighted by Crippen LogP contribution is -2.18. The van der Waals surface area contributed by atoms with Gasteiger partial charge in [0.25, 0.3) is 5.91 Å². The fraction of sp³-hybridized carbons (Fsp3) is 0.467. The van der Waals surface area contributed by atoms with Crippen molar-refractivity contribution in [1.82, 2.24) is 15.0 Å². The third-order valence-electron chi connectivity index (χ3n) is 3.91. The third kappa shape index (κ3) is 2.94. The molecule has 0 spiro atoms. The summed E-state index contributed by atoms with van der Waals surface area (Å²) in [5.74, 6) is 0.991. The molecule has 1 aliphatic rings. The summed E-state index contributed by atoms with van der Waals surface area (Å²) in [6, 6.07) is 0. The van der Waals surface area contributed by atoms with Gasteiger partial charge in [-0.1, -0.05) is 12.8 Å². The van der Waals surface area contributed by atoms with E-state index in [0.717, 1.165) is 18.5 Å². The lowest BCUT2D eigenvalue weighted by molar-refractivity contribution is 0.102. The van der Waals surface area contributed by atoms with Crippen LogP contribution in [0.15, 0.2) is 18.0 Å². The van der Waals surface area contributed by atoms with Crippen LogP contribution in [0.4, 0.5) is 11.5 Å². The number of amides is 1. The summed E-state index contributed by atoms with van der Waals surface area (Å²) in [4.78, 5) is 27.8. The normalized spacial score (nSPS) is 15.0. The molecule has 1 fully saturated rings. The summed E-state index contributed by atoms with van der Waals surface area (Å²) in [6.07, 6.45) is 7.79. The van der Waals surface area contributed by atoms with Crippen LogP contribution >= 0.6 is 11.3 Å². The Hall–Kier alpha value is -2.02. The zero-order valence-electron chi connectivity index (χ0n) is 12.7. The highest BCUT2D eigenvalue weighted by Gasteiger charge is 2.25. The van der Waals surface area contributed by atoms with Gasteiger partial charge in [0.2, 0.25) is 0 Å². The first-order chi connectivity index (χ1) is 10.7. The molecule has 2 aromatic rings. The first kappa shape index (κ1) is 14.9. The predicted molar refractivity (Wildman–Crippen MR) is 87.6 cm³/mol. The average molecular weight is 317 g/mol. The van der Waals surface area contributed by atoms with Crippen LogP contribution in [0.3, 0.4) is 0 Å². The second kappa shape index (κ2) is 6.39. The van der Waals surface area contributed by atoms with Crippen LogP contribution in [0.1, 0.15) is 47.0 Å².